The van der Waals surface area contributed by atoms with Gasteiger partial charge in [-0.05, 0) is 18.9 Å². The monoisotopic (exact) mass is 246 g/mol. The molecule has 1 aliphatic rings. The van der Waals surface area contributed by atoms with Gasteiger partial charge in [0.05, 0.1) is 11.6 Å². The minimum Gasteiger partial charge on any atom is -0.346 e. The molecule has 0 aliphatic heterocycles. The Morgan fingerprint density at radius 3 is 2.67 bits per heavy atom. The smallest absolute Gasteiger partial charge is 0.234 e. The Bertz CT molecular complexity index is 487. The molecule has 2 rings (SSSR count). The molecule has 0 saturated heterocycles. The number of hydrogen-bond donors (Lipinski definition) is 1. The van der Waals surface area contributed by atoms with Crippen LogP contribution < -0.4 is 5.32 Å². The highest BCUT2D eigenvalue weighted by atomic mass is 19.1. The summed E-state index contributed by atoms with van der Waals surface area (Å²) in [7, 11) is 0. The van der Waals surface area contributed by atoms with Crippen molar-refractivity contribution in [2.45, 2.75) is 37.6 Å². The third-order valence-electron chi connectivity index (χ3n) is 3.46. The van der Waals surface area contributed by atoms with Crippen LogP contribution in [0, 0.1) is 17.1 Å². The SMILES string of the molecule is N#CCC(=O)NC1(c2ccccc2F)CCCC1. The Morgan fingerprint density at radius 1 is 1.39 bits per heavy atom. The number of hydrogen-bond acceptors (Lipinski definition) is 2. The third-order valence-corrected chi connectivity index (χ3v) is 3.46. The van der Waals surface area contributed by atoms with Gasteiger partial charge in [-0.3, -0.25) is 4.79 Å². The van der Waals surface area contributed by atoms with Gasteiger partial charge in [-0.1, -0.05) is 31.0 Å². The van der Waals surface area contributed by atoms with Crippen LogP contribution in [-0.2, 0) is 10.3 Å². The lowest BCUT2D eigenvalue weighted by Gasteiger charge is -2.31. The van der Waals surface area contributed by atoms with Crippen molar-refractivity contribution in [1.29, 1.82) is 5.26 Å². The van der Waals surface area contributed by atoms with Crippen LogP contribution in [0.5, 0.6) is 0 Å². The molecule has 1 saturated carbocycles. The van der Waals surface area contributed by atoms with Gasteiger partial charge in [0.15, 0.2) is 0 Å². The van der Waals surface area contributed by atoms with Crippen molar-refractivity contribution in [2.75, 3.05) is 0 Å². The molecule has 1 fully saturated rings. The molecule has 0 heterocycles. The minimum absolute atomic E-state index is 0.184. The summed E-state index contributed by atoms with van der Waals surface area (Å²) in [5.41, 5.74) is -0.0898. The van der Waals surface area contributed by atoms with E-state index in [0.717, 1.165) is 25.7 Å². The van der Waals surface area contributed by atoms with Crippen LogP contribution >= 0.6 is 0 Å². The van der Waals surface area contributed by atoms with Crippen molar-refractivity contribution < 1.29 is 9.18 Å². The van der Waals surface area contributed by atoms with E-state index in [1.807, 2.05) is 6.07 Å². The summed E-state index contributed by atoms with van der Waals surface area (Å²) in [5.74, 6) is -0.626. The maximum absolute atomic E-state index is 13.9. The van der Waals surface area contributed by atoms with E-state index in [9.17, 15) is 9.18 Å². The van der Waals surface area contributed by atoms with Crippen LogP contribution in [-0.4, -0.2) is 5.91 Å². The van der Waals surface area contributed by atoms with E-state index >= 15 is 0 Å². The second kappa shape index (κ2) is 5.18. The fraction of sp³-hybridized carbons (Fsp3) is 0.429. The second-order valence-electron chi connectivity index (χ2n) is 4.65. The van der Waals surface area contributed by atoms with E-state index in [-0.39, 0.29) is 18.1 Å². The van der Waals surface area contributed by atoms with E-state index in [2.05, 4.69) is 5.32 Å². The van der Waals surface area contributed by atoms with E-state index in [0.29, 0.717) is 5.56 Å². The van der Waals surface area contributed by atoms with Crippen LogP contribution in [0.4, 0.5) is 4.39 Å². The molecule has 0 spiro atoms. The summed E-state index contributed by atoms with van der Waals surface area (Å²) >= 11 is 0. The molecule has 0 unspecified atom stereocenters. The lowest BCUT2D eigenvalue weighted by molar-refractivity contribution is -0.122. The highest BCUT2D eigenvalue weighted by molar-refractivity contribution is 5.79. The van der Waals surface area contributed by atoms with Crippen molar-refractivity contribution in [3.63, 3.8) is 0 Å². The topological polar surface area (TPSA) is 52.9 Å². The molecule has 0 atom stereocenters. The molecule has 3 nitrogen and oxygen atoms in total. The summed E-state index contributed by atoms with van der Waals surface area (Å²) in [6.07, 6.45) is 3.19. The Labute approximate surface area is 106 Å². The summed E-state index contributed by atoms with van der Waals surface area (Å²) in [5, 5.41) is 11.4. The first-order valence-electron chi connectivity index (χ1n) is 6.11. The number of rotatable bonds is 3. The molecule has 1 aromatic carbocycles. The molecule has 1 N–H and O–H groups in total. The van der Waals surface area contributed by atoms with Crippen LogP contribution in [0.3, 0.4) is 0 Å². The standard InChI is InChI=1S/C14H15FN2O/c15-12-6-2-1-5-11(12)14(8-3-4-9-14)17-13(18)7-10-16/h1-2,5-6H,3-4,7-9H2,(H,17,18). The van der Waals surface area contributed by atoms with Crippen molar-refractivity contribution in [2.24, 2.45) is 0 Å². The number of amides is 1. The van der Waals surface area contributed by atoms with Crippen molar-refractivity contribution in [3.8, 4) is 6.07 Å². The molecule has 4 heteroatoms. The highest BCUT2D eigenvalue weighted by Gasteiger charge is 2.38. The summed E-state index contributed by atoms with van der Waals surface area (Å²) in [4.78, 5) is 11.6. The lowest BCUT2D eigenvalue weighted by atomic mass is 9.87. The molecular weight excluding hydrogens is 231 g/mol. The average Bonchev–Trinajstić information content (AvgIpc) is 2.79. The van der Waals surface area contributed by atoms with Crippen LogP contribution in [0.1, 0.15) is 37.7 Å². The van der Waals surface area contributed by atoms with Gasteiger partial charge in [-0.15, -0.1) is 0 Å². The zero-order valence-electron chi connectivity index (χ0n) is 10.1. The predicted octanol–water partition coefficient (Wildman–Crippen LogP) is 2.62. The highest BCUT2D eigenvalue weighted by Crippen LogP contribution is 2.39. The van der Waals surface area contributed by atoms with Gasteiger partial charge in [-0.2, -0.15) is 5.26 Å². The van der Waals surface area contributed by atoms with Crippen LogP contribution in [0.15, 0.2) is 24.3 Å². The van der Waals surface area contributed by atoms with E-state index < -0.39 is 5.54 Å². The van der Waals surface area contributed by atoms with E-state index in [1.54, 1.807) is 18.2 Å². The lowest BCUT2D eigenvalue weighted by Crippen LogP contribution is -2.44. The first-order valence-corrected chi connectivity index (χ1v) is 6.11. The summed E-state index contributed by atoms with van der Waals surface area (Å²) in [6.45, 7) is 0. The summed E-state index contributed by atoms with van der Waals surface area (Å²) < 4.78 is 13.9. The molecule has 0 aromatic heterocycles. The number of nitriles is 1. The molecule has 0 bridgehead atoms. The van der Waals surface area contributed by atoms with Gasteiger partial charge < -0.3 is 5.32 Å². The fourth-order valence-corrected chi connectivity index (χ4v) is 2.67. The third kappa shape index (κ3) is 2.35. The number of nitrogens with zero attached hydrogens (tertiary/aromatic N) is 1. The fourth-order valence-electron chi connectivity index (χ4n) is 2.67. The Hall–Kier alpha value is -1.89. The Morgan fingerprint density at radius 2 is 2.06 bits per heavy atom. The Kier molecular flexibility index (Phi) is 3.61. The zero-order chi connectivity index (χ0) is 13.0. The quantitative estimate of drug-likeness (QED) is 0.891. The molecule has 1 aliphatic carbocycles. The van der Waals surface area contributed by atoms with Gasteiger partial charge >= 0.3 is 0 Å². The number of nitrogens with one attached hydrogen (secondary N) is 1. The normalized spacial score (nSPS) is 17.1. The maximum Gasteiger partial charge on any atom is 0.234 e. The molecule has 1 amide bonds. The predicted molar refractivity (Wildman–Crippen MR) is 64.9 cm³/mol. The molecule has 94 valence electrons. The van der Waals surface area contributed by atoms with Gasteiger partial charge in [-0.25, -0.2) is 4.39 Å². The van der Waals surface area contributed by atoms with Crippen molar-refractivity contribution in [3.05, 3.63) is 35.6 Å². The number of benzene rings is 1. The molecule has 18 heavy (non-hydrogen) atoms. The number of carbonyl (C=O) groups excluding carboxylic acids is 1. The van der Waals surface area contributed by atoms with Gasteiger partial charge in [0, 0.05) is 5.56 Å². The molecule has 1 aromatic rings. The van der Waals surface area contributed by atoms with Crippen LogP contribution in [0.2, 0.25) is 0 Å². The summed E-state index contributed by atoms with van der Waals surface area (Å²) in [6, 6.07) is 8.35. The molecular formula is C14H15FN2O. The van der Waals surface area contributed by atoms with Gasteiger partial charge in [0.1, 0.15) is 12.2 Å². The zero-order valence-corrected chi connectivity index (χ0v) is 10.1. The number of halogens is 1. The van der Waals surface area contributed by atoms with Crippen molar-refractivity contribution >= 4 is 5.91 Å². The van der Waals surface area contributed by atoms with Crippen molar-refractivity contribution in [1.82, 2.24) is 5.32 Å². The van der Waals surface area contributed by atoms with Gasteiger partial charge in [0.25, 0.3) is 0 Å². The first kappa shape index (κ1) is 12.6. The van der Waals surface area contributed by atoms with E-state index in [4.69, 9.17) is 5.26 Å². The Balaban J connectivity index is 2.31. The van der Waals surface area contributed by atoms with Crippen LogP contribution in [0.25, 0.3) is 0 Å². The molecule has 0 radical (unpaired) electrons. The van der Waals surface area contributed by atoms with Gasteiger partial charge in [0.2, 0.25) is 5.91 Å². The minimum atomic E-state index is -0.626. The average molecular weight is 246 g/mol. The first-order chi connectivity index (χ1) is 8.68. The maximum atomic E-state index is 13.9. The number of carbonyl (C=O) groups is 1. The second-order valence-corrected chi connectivity index (χ2v) is 4.65. The largest absolute Gasteiger partial charge is 0.346 e. The van der Waals surface area contributed by atoms with E-state index in [1.165, 1.54) is 6.07 Å².